The third-order valence-corrected chi connectivity index (χ3v) is 13.4. The molecule has 17 heteroatoms. The van der Waals surface area contributed by atoms with Crippen molar-refractivity contribution in [3.05, 3.63) is 73.1 Å². The van der Waals surface area contributed by atoms with E-state index in [0.29, 0.717) is 25.9 Å². The van der Waals surface area contributed by atoms with Gasteiger partial charge in [-0.2, -0.15) is 8.42 Å². The molecule has 3 rings (SSSR count). The van der Waals surface area contributed by atoms with Gasteiger partial charge in [-0.05, 0) is 109 Å². The number of hydrogen-bond acceptors (Lipinski definition) is 11. The second-order valence-corrected chi connectivity index (χ2v) is 20.5. The van der Waals surface area contributed by atoms with E-state index in [0.717, 1.165) is 75.5 Å². The Morgan fingerprint density at radius 1 is 0.877 bits per heavy atom. The average molecular weight is 962 g/mol. The first-order chi connectivity index (χ1) is 26.6. The van der Waals surface area contributed by atoms with E-state index in [-0.39, 0.29) is 31.5 Å². The largest absolute Gasteiger partial charge is 0.748 e. The zero-order chi connectivity index (χ0) is 42.6. The van der Waals surface area contributed by atoms with Gasteiger partial charge in [0.2, 0.25) is 0 Å². The molecule has 3 aromatic rings. The molecule has 318 valence electrons. The number of nitrogens with zero attached hydrogens (tertiary/aromatic N) is 3. The molecule has 0 bridgehead atoms. The predicted octanol–water partition coefficient (Wildman–Crippen LogP) is 7.43. The molecule has 1 heterocycles. The first-order valence-corrected chi connectivity index (χ1v) is 25.1. The zero-order valence-electron chi connectivity index (χ0n) is 33.5. The number of unbranched alkanes of at least 4 members (excludes halogenated alkanes) is 6. The Morgan fingerprint density at radius 2 is 1.51 bits per heavy atom. The van der Waals surface area contributed by atoms with Gasteiger partial charge in [0.1, 0.15) is 10.1 Å². The fourth-order valence-corrected chi connectivity index (χ4v) is 9.29. The lowest BCUT2D eigenvalue weighted by Gasteiger charge is -2.28. The molecule has 0 spiro atoms. The zero-order valence-corrected chi connectivity index (χ0v) is 38.1. The van der Waals surface area contributed by atoms with Gasteiger partial charge < -0.3 is 18.6 Å². The number of hydrogen-bond donors (Lipinski definition) is 1. The van der Waals surface area contributed by atoms with Crippen molar-refractivity contribution < 1.29 is 38.9 Å². The van der Waals surface area contributed by atoms with Crippen molar-refractivity contribution in [1.29, 1.82) is 0 Å². The van der Waals surface area contributed by atoms with Gasteiger partial charge in [-0.3, -0.25) is 14.3 Å². The summed E-state index contributed by atoms with van der Waals surface area (Å²) < 4.78 is 105. The maximum atomic E-state index is 14.5. The fourth-order valence-electron chi connectivity index (χ4n) is 6.81. The number of allylic oxidation sites excluding steroid dienone is 1. The number of pyridine rings is 1. The number of aliphatic imine (C=N–C) groups is 1. The Labute approximate surface area is 352 Å². The Morgan fingerprint density at radius 3 is 2.07 bits per heavy atom. The third kappa shape index (κ3) is 14.8. The van der Waals surface area contributed by atoms with Crippen LogP contribution in [-0.2, 0) is 42.3 Å². The molecule has 0 aliphatic rings. The number of aryl methyl sites for hydroxylation is 2. The Balaban J connectivity index is 2.24. The van der Waals surface area contributed by atoms with Crippen molar-refractivity contribution in [1.82, 2.24) is 4.57 Å². The van der Waals surface area contributed by atoms with Gasteiger partial charge in [0, 0.05) is 63.3 Å². The van der Waals surface area contributed by atoms with Crippen LogP contribution in [0.3, 0.4) is 0 Å². The minimum Gasteiger partial charge on any atom is -0.748 e. The van der Waals surface area contributed by atoms with Crippen LogP contribution in [0.5, 0.6) is 0 Å². The van der Waals surface area contributed by atoms with E-state index in [1.807, 2.05) is 47.7 Å². The molecule has 0 saturated carbocycles. The van der Waals surface area contributed by atoms with Crippen LogP contribution >= 0.6 is 22.6 Å². The summed E-state index contributed by atoms with van der Waals surface area (Å²) in [5.41, 5.74) is 1.73. The van der Waals surface area contributed by atoms with Crippen molar-refractivity contribution >= 4 is 81.3 Å². The molecule has 0 unspecified atom stereocenters. The second-order valence-electron chi connectivity index (χ2n) is 14.9. The molecule has 0 aliphatic carbocycles. The van der Waals surface area contributed by atoms with E-state index in [1.54, 1.807) is 26.0 Å². The van der Waals surface area contributed by atoms with Gasteiger partial charge in [0.15, 0.2) is 0 Å². The lowest BCUT2D eigenvalue weighted by molar-refractivity contribution is 0.458. The van der Waals surface area contributed by atoms with Crippen LogP contribution in [0.1, 0.15) is 109 Å². The monoisotopic (exact) mass is 961 g/mol. The Hall–Kier alpha value is -2.68. The van der Waals surface area contributed by atoms with Crippen molar-refractivity contribution in [3.63, 3.8) is 0 Å². The quantitative estimate of drug-likeness (QED) is 0.0404. The molecule has 1 aromatic heterocycles. The Bertz CT molecular complexity index is 2290. The highest BCUT2D eigenvalue weighted by Gasteiger charge is 2.29. The van der Waals surface area contributed by atoms with Gasteiger partial charge >= 0.3 is 0 Å². The van der Waals surface area contributed by atoms with Gasteiger partial charge in [-0.25, -0.2) is 16.8 Å². The first kappa shape index (κ1) is 48.7. The van der Waals surface area contributed by atoms with Crippen LogP contribution in [0, 0.1) is 10.5 Å². The van der Waals surface area contributed by atoms with Crippen LogP contribution in [0.2, 0.25) is 0 Å². The van der Waals surface area contributed by atoms with Crippen LogP contribution < -0.4 is 10.5 Å². The molecular formula is C40H56IN3O10S3-2. The van der Waals surface area contributed by atoms with Crippen LogP contribution in [-0.4, -0.2) is 80.3 Å². The fraction of sp³-hybridized carbons (Fsp3) is 0.550. The summed E-state index contributed by atoms with van der Waals surface area (Å²) in [6.45, 7) is 11.3. The normalized spacial score (nSPS) is 13.2. The molecule has 0 saturated heterocycles. The molecule has 0 fully saturated rings. The van der Waals surface area contributed by atoms with E-state index in [1.165, 1.54) is 22.8 Å². The highest BCUT2D eigenvalue weighted by Crippen LogP contribution is 2.33. The van der Waals surface area contributed by atoms with E-state index in [4.69, 9.17) is 0 Å². The number of anilines is 1. The standard InChI is InChI=1S/C40H58IN3O10S3/c1-6-8-10-12-23-43(24-13-11-9-7-2)31-16-18-33-30(3)34(39(45)44(37(33)28-31)25-15-27-56(49,50)51)19-21-38(42-22-14-26-55(46,47)48)40(4,5)35-29-32(57(52,53)54)17-20-36(35)41/h16-21,28-29H,6-15,22-27H2,1-5H3,(H,46,47,48)(H,49,50,51)(H,52,53,54)/p-2/b21-19+,42-38?. The first-order valence-electron chi connectivity index (χ1n) is 19.4. The lowest BCUT2D eigenvalue weighted by atomic mass is 9.79. The number of aromatic nitrogens is 1. The average Bonchev–Trinajstić information content (AvgIpc) is 3.11. The summed E-state index contributed by atoms with van der Waals surface area (Å²) in [7, 11) is -13.6. The number of halogens is 1. The number of benzene rings is 2. The number of fused-ring (bicyclic) bond motifs is 1. The minimum atomic E-state index is -4.81. The second kappa shape index (κ2) is 21.5. The van der Waals surface area contributed by atoms with Crippen molar-refractivity contribution in [2.75, 3.05) is 36.0 Å². The van der Waals surface area contributed by atoms with Crippen LogP contribution in [0.25, 0.3) is 17.0 Å². The lowest BCUT2D eigenvalue weighted by Crippen LogP contribution is -2.30. The Kier molecular flexibility index (Phi) is 18.4. The van der Waals surface area contributed by atoms with E-state index in [9.17, 15) is 43.7 Å². The molecule has 0 aliphatic heterocycles. The highest BCUT2D eigenvalue weighted by atomic mass is 127. The molecule has 13 nitrogen and oxygen atoms in total. The van der Waals surface area contributed by atoms with Gasteiger partial charge in [-0.15, -0.1) is 0 Å². The number of rotatable bonds is 24. The van der Waals surface area contributed by atoms with Gasteiger partial charge in [0.25, 0.3) is 15.7 Å². The van der Waals surface area contributed by atoms with Crippen molar-refractivity contribution in [2.24, 2.45) is 4.99 Å². The third-order valence-electron chi connectivity index (χ3n) is 10.1. The molecule has 0 atom stereocenters. The van der Waals surface area contributed by atoms with Gasteiger partial charge in [0.05, 0.1) is 26.3 Å². The minimum absolute atomic E-state index is 0.0285. The summed E-state index contributed by atoms with van der Waals surface area (Å²) in [6, 6.07) is 9.94. The maximum absolute atomic E-state index is 14.5. The van der Waals surface area contributed by atoms with E-state index >= 15 is 0 Å². The van der Waals surface area contributed by atoms with Gasteiger partial charge in [-0.1, -0.05) is 72.3 Å². The molecule has 2 aromatic carbocycles. The molecular weight excluding hydrogens is 906 g/mol. The van der Waals surface area contributed by atoms with E-state index in [2.05, 4.69) is 23.7 Å². The van der Waals surface area contributed by atoms with Crippen LogP contribution in [0.15, 0.2) is 57.2 Å². The summed E-state index contributed by atoms with van der Waals surface area (Å²) in [4.78, 5) is 21.0. The van der Waals surface area contributed by atoms with Crippen LogP contribution in [0.4, 0.5) is 5.69 Å². The molecule has 0 amide bonds. The van der Waals surface area contributed by atoms with Crippen molar-refractivity contribution in [3.8, 4) is 0 Å². The summed E-state index contributed by atoms with van der Waals surface area (Å²) in [6.07, 6.45) is 11.8. The predicted molar refractivity (Wildman–Crippen MR) is 235 cm³/mol. The summed E-state index contributed by atoms with van der Waals surface area (Å²) in [5, 5.41) is 0.744. The van der Waals surface area contributed by atoms with E-state index < -0.39 is 57.7 Å². The SMILES string of the molecule is CCCCCCN(CCCCCC)c1ccc2c(C)c(/C=C/C(=NCCCS(=O)(=O)O)C(C)(C)c3cc(S(=O)(=O)[O-])ccc3I)c(=O)n(CCCS(=O)(=O)[O-])c2c1. The van der Waals surface area contributed by atoms with Crippen molar-refractivity contribution in [2.45, 2.75) is 116 Å². The molecule has 57 heavy (non-hydrogen) atoms. The molecule has 0 radical (unpaired) electrons. The topological polar surface area (TPSA) is 206 Å². The summed E-state index contributed by atoms with van der Waals surface area (Å²) >= 11 is 2.02. The summed E-state index contributed by atoms with van der Waals surface area (Å²) in [5.74, 6) is -1.19. The smallest absolute Gasteiger partial charge is 0.264 e. The highest BCUT2D eigenvalue weighted by molar-refractivity contribution is 14.1. The molecule has 1 N–H and O–H groups in total. The maximum Gasteiger partial charge on any atom is 0.264 e.